The van der Waals surface area contributed by atoms with Crippen molar-refractivity contribution < 1.29 is 27.8 Å². The summed E-state index contributed by atoms with van der Waals surface area (Å²) in [6.45, 7) is 0. The van der Waals surface area contributed by atoms with Gasteiger partial charge in [-0.2, -0.15) is 0 Å². The molecule has 0 atom stereocenters. The van der Waals surface area contributed by atoms with Gasteiger partial charge in [-0.05, 0) is 30.3 Å². The lowest BCUT2D eigenvalue weighted by Gasteiger charge is -2.14. The first kappa shape index (κ1) is 19.4. The fourth-order valence-electron chi connectivity index (χ4n) is 2.00. The topological polar surface area (TPSA) is 102 Å². The van der Waals surface area contributed by atoms with Crippen molar-refractivity contribution in [3.8, 4) is 11.5 Å². The van der Waals surface area contributed by atoms with Crippen LogP contribution in [0.2, 0.25) is 5.02 Å². The number of nitrogens with one attached hydrogen (secondary N) is 1. The van der Waals surface area contributed by atoms with Crippen molar-refractivity contribution in [1.29, 1.82) is 0 Å². The number of methoxy groups -OCH3 is 2. The summed E-state index contributed by atoms with van der Waals surface area (Å²) in [5.41, 5.74) is -0.538. The molecule has 25 heavy (non-hydrogen) atoms. The molecule has 0 heterocycles. The number of esters is 1. The molecule has 0 spiro atoms. The van der Waals surface area contributed by atoms with Gasteiger partial charge in [0.1, 0.15) is 16.2 Å². The van der Waals surface area contributed by atoms with Crippen molar-refractivity contribution in [1.82, 2.24) is 0 Å². The van der Waals surface area contributed by atoms with Crippen LogP contribution in [0.15, 0.2) is 39.7 Å². The Kier molecular flexibility index (Phi) is 5.81. The molecule has 0 radical (unpaired) electrons. The first-order chi connectivity index (χ1) is 11.7. The van der Waals surface area contributed by atoms with E-state index >= 15 is 0 Å². The van der Waals surface area contributed by atoms with Crippen LogP contribution in [0.3, 0.4) is 0 Å². The predicted octanol–water partition coefficient (Wildman–Crippen LogP) is 3.40. The lowest BCUT2D eigenvalue weighted by Crippen LogP contribution is -2.15. The molecule has 2 aromatic rings. The molecule has 2 N–H and O–H groups in total. The molecule has 2 rings (SSSR count). The number of ether oxygens (including phenoxy) is 2. The minimum atomic E-state index is -4.14. The Morgan fingerprint density at radius 1 is 1.24 bits per heavy atom. The molecule has 0 aliphatic carbocycles. The molecule has 0 aliphatic rings. The van der Waals surface area contributed by atoms with Gasteiger partial charge in [-0.3, -0.25) is 4.72 Å². The predicted molar refractivity (Wildman–Crippen MR) is 96.0 cm³/mol. The van der Waals surface area contributed by atoms with Crippen molar-refractivity contribution in [3.63, 3.8) is 0 Å². The Bertz CT molecular complexity index is 932. The number of sulfonamides is 1. The van der Waals surface area contributed by atoms with Crippen LogP contribution in [0.25, 0.3) is 0 Å². The fraction of sp³-hybridized carbons (Fsp3) is 0.133. The highest BCUT2D eigenvalue weighted by molar-refractivity contribution is 9.10. The first-order valence-electron chi connectivity index (χ1n) is 6.66. The van der Waals surface area contributed by atoms with Gasteiger partial charge in [-0.1, -0.05) is 27.5 Å². The Morgan fingerprint density at radius 3 is 2.52 bits per heavy atom. The summed E-state index contributed by atoms with van der Waals surface area (Å²) in [6, 6.07) is 6.76. The second kappa shape index (κ2) is 7.51. The van der Waals surface area contributed by atoms with E-state index < -0.39 is 21.7 Å². The van der Waals surface area contributed by atoms with Crippen molar-refractivity contribution in [2.75, 3.05) is 18.9 Å². The molecule has 10 heteroatoms. The van der Waals surface area contributed by atoms with Gasteiger partial charge in [0.25, 0.3) is 10.0 Å². The van der Waals surface area contributed by atoms with E-state index in [0.717, 1.165) is 7.11 Å². The number of phenols is 1. The molecule has 0 saturated carbocycles. The quantitative estimate of drug-likeness (QED) is 0.535. The van der Waals surface area contributed by atoms with Crippen LogP contribution in [0.1, 0.15) is 10.4 Å². The zero-order chi connectivity index (χ0) is 18.8. The van der Waals surface area contributed by atoms with E-state index in [2.05, 4.69) is 25.4 Å². The Hall–Kier alpha value is -1.97. The third-order valence-corrected chi connectivity index (χ3v) is 5.24. The van der Waals surface area contributed by atoms with Crippen molar-refractivity contribution in [2.45, 2.75) is 4.90 Å². The number of halogens is 2. The highest BCUT2D eigenvalue weighted by Crippen LogP contribution is 2.35. The number of phenolic OH excluding ortho intramolecular Hbond substituents is 1. The summed E-state index contributed by atoms with van der Waals surface area (Å²) in [5, 5.41) is 10.2. The minimum Gasteiger partial charge on any atom is -0.505 e. The van der Waals surface area contributed by atoms with Crippen molar-refractivity contribution in [3.05, 3.63) is 45.4 Å². The van der Waals surface area contributed by atoms with Gasteiger partial charge in [0.05, 0.1) is 19.9 Å². The van der Waals surface area contributed by atoms with Crippen molar-refractivity contribution in [2.24, 2.45) is 0 Å². The van der Waals surface area contributed by atoms with Crippen LogP contribution in [-0.2, 0) is 14.8 Å². The number of anilines is 1. The van der Waals surface area contributed by atoms with E-state index in [0.29, 0.717) is 4.47 Å². The van der Waals surface area contributed by atoms with Crippen LogP contribution in [0.4, 0.5) is 5.69 Å². The summed E-state index contributed by atoms with van der Waals surface area (Å²) in [7, 11) is -1.69. The summed E-state index contributed by atoms with van der Waals surface area (Å²) in [4.78, 5) is 11.5. The maximum atomic E-state index is 12.7. The number of carbonyl (C=O) groups is 1. The van der Waals surface area contributed by atoms with Crippen LogP contribution >= 0.6 is 27.5 Å². The van der Waals surface area contributed by atoms with Gasteiger partial charge in [0.15, 0.2) is 5.75 Å². The van der Waals surface area contributed by atoms with E-state index in [4.69, 9.17) is 16.3 Å². The summed E-state index contributed by atoms with van der Waals surface area (Å²) < 4.78 is 37.6. The SMILES string of the molecule is COC(=O)c1cc(Cl)cc(NS(=O)(=O)c2cc(Br)ccc2OC)c1O. The van der Waals surface area contributed by atoms with Crippen LogP contribution in [-0.4, -0.2) is 33.7 Å². The molecule has 0 bridgehead atoms. The van der Waals surface area contributed by atoms with Gasteiger partial charge < -0.3 is 14.6 Å². The second-order valence-corrected chi connectivity index (χ2v) is 7.74. The lowest BCUT2D eigenvalue weighted by atomic mass is 10.2. The summed E-state index contributed by atoms with van der Waals surface area (Å²) in [6.07, 6.45) is 0. The molecule has 0 aliphatic heterocycles. The van der Waals surface area contributed by atoms with Gasteiger partial charge in [0, 0.05) is 9.50 Å². The van der Waals surface area contributed by atoms with E-state index in [-0.39, 0.29) is 26.9 Å². The molecule has 134 valence electrons. The number of hydrogen-bond donors (Lipinski definition) is 2. The molecule has 2 aromatic carbocycles. The average Bonchev–Trinajstić information content (AvgIpc) is 2.56. The van der Waals surface area contributed by atoms with Gasteiger partial charge in [-0.25, -0.2) is 13.2 Å². The Morgan fingerprint density at radius 2 is 1.92 bits per heavy atom. The molecule has 0 saturated heterocycles. The molecule has 0 amide bonds. The number of carbonyl (C=O) groups excluding carboxylic acids is 1. The van der Waals surface area contributed by atoms with E-state index in [9.17, 15) is 18.3 Å². The molecular formula is C15H13BrClNO6S. The molecular weight excluding hydrogens is 438 g/mol. The molecule has 0 unspecified atom stereocenters. The monoisotopic (exact) mass is 449 g/mol. The summed E-state index contributed by atoms with van der Waals surface area (Å²) in [5.74, 6) is -1.36. The zero-order valence-electron chi connectivity index (χ0n) is 13.0. The maximum absolute atomic E-state index is 12.7. The van der Waals surface area contributed by atoms with Crippen LogP contribution < -0.4 is 9.46 Å². The fourth-order valence-corrected chi connectivity index (χ4v) is 3.99. The normalized spacial score (nSPS) is 11.0. The van der Waals surface area contributed by atoms with Crippen LogP contribution in [0, 0.1) is 0 Å². The maximum Gasteiger partial charge on any atom is 0.341 e. The van der Waals surface area contributed by atoms with Gasteiger partial charge in [0.2, 0.25) is 0 Å². The third kappa shape index (κ3) is 4.17. The molecule has 7 nitrogen and oxygen atoms in total. The summed E-state index contributed by atoms with van der Waals surface area (Å²) >= 11 is 9.09. The van der Waals surface area contributed by atoms with Crippen molar-refractivity contribution >= 4 is 49.2 Å². The molecule has 0 fully saturated rings. The highest BCUT2D eigenvalue weighted by atomic mass is 79.9. The zero-order valence-corrected chi connectivity index (χ0v) is 16.2. The third-order valence-electron chi connectivity index (χ3n) is 3.14. The van der Waals surface area contributed by atoms with Gasteiger partial charge >= 0.3 is 5.97 Å². The lowest BCUT2D eigenvalue weighted by molar-refractivity contribution is 0.0597. The van der Waals surface area contributed by atoms with E-state index in [1.54, 1.807) is 6.07 Å². The minimum absolute atomic E-state index is 0.0390. The number of rotatable bonds is 5. The average molecular weight is 451 g/mol. The number of hydrogen-bond acceptors (Lipinski definition) is 6. The second-order valence-electron chi connectivity index (χ2n) is 4.74. The number of aromatic hydroxyl groups is 1. The smallest absolute Gasteiger partial charge is 0.341 e. The first-order valence-corrected chi connectivity index (χ1v) is 9.32. The Balaban J connectivity index is 2.54. The molecule has 0 aromatic heterocycles. The van der Waals surface area contributed by atoms with E-state index in [1.165, 1.54) is 31.4 Å². The standard InChI is InChI=1S/C15H13BrClNO6S/c1-23-12-4-3-8(16)5-13(12)25(21,22)18-11-7-9(17)6-10(14(11)19)15(20)24-2/h3-7,18-19H,1-2H3. The Labute approximate surface area is 157 Å². The highest BCUT2D eigenvalue weighted by Gasteiger charge is 2.24. The van der Waals surface area contributed by atoms with Crippen LogP contribution in [0.5, 0.6) is 11.5 Å². The largest absolute Gasteiger partial charge is 0.505 e. The number of benzene rings is 2. The van der Waals surface area contributed by atoms with Gasteiger partial charge in [-0.15, -0.1) is 0 Å². The van der Waals surface area contributed by atoms with E-state index in [1.807, 2.05) is 0 Å².